The first-order chi connectivity index (χ1) is 16.7. The average Bonchev–Trinajstić information content (AvgIpc) is 2.92. The van der Waals surface area contributed by atoms with Gasteiger partial charge in [0.1, 0.15) is 0 Å². The zero-order valence-corrected chi connectivity index (χ0v) is 18.0. The Kier molecular flexibility index (Phi) is 4.51. The normalized spacial score (nSPS) is 10.9. The number of hydrogen-bond donors (Lipinski definition) is 0. The van der Waals surface area contributed by atoms with E-state index < -0.39 is 0 Å². The zero-order valence-electron chi connectivity index (χ0n) is 18.0. The molecule has 0 atom stereocenters. The molecule has 0 fully saturated rings. The topological polar surface area (TPSA) is 53.9 Å². The summed E-state index contributed by atoms with van der Waals surface area (Å²) in [5, 5.41) is 13.4. The van der Waals surface area contributed by atoms with Crippen LogP contribution in [0.25, 0.3) is 59.9 Å². The quantitative estimate of drug-likeness (QED) is 0.208. The van der Waals surface area contributed by atoms with Crippen LogP contribution < -0.4 is 0 Å². The van der Waals surface area contributed by atoms with Crippen LogP contribution in [0.1, 0.15) is 5.56 Å². The van der Waals surface area contributed by atoms with Crippen LogP contribution >= 0.6 is 0 Å². The Labute approximate surface area is 196 Å². The molecule has 2 heterocycles. The number of benzene rings is 4. The van der Waals surface area contributed by atoms with Crippen molar-refractivity contribution in [3.8, 4) is 28.6 Å². The molecule has 0 unspecified atom stereocenters. The molecule has 0 spiro atoms. The highest BCUT2D eigenvalue weighted by Gasteiger charge is 2.10. The van der Waals surface area contributed by atoms with E-state index in [1.165, 1.54) is 0 Å². The third-order valence-electron chi connectivity index (χ3n) is 6.07. The molecule has 0 saturated heterocycles. The molecule has 0 saturated carbocycles. The molecule has 6 aromatic rings. The first-order valence-corrected chi connectivity index (χ1v) is 10.9. The summed E-state index contributed by atoms with van der Waals surface area (Å²) < 4.78 is 0. The molecule has 0 N–H and O–H groups in total. The monoisotopic (exact) mass is 432 g/mol. The van der Waals surface area contributed by atoms with Gasteiger partial charge in [-0.15, -0.1) is 0 Å². The molecule has 156 valence electrons. The molecule has 0 radical (unpaired) electrons. The molecule has 0 aliphatic heterocycles. The molecule has 4 heteroatoms. The van der Waals surface area contributed by atoms with Gasteiger partial charge in [0.15, 0.2) is 5.69 Å². The standard InChI is InChI=1S/C30H16N4/c1-32-24-7-3-6-23(17-24)28-15-11-21-9-12-25-26(30(21)34-28)13-8-20-10-14-27(33-29(20)25)22-5-2-4-19(16-22)18-31/h2-17H. The Balaban J connectivity index is 1.58. The summed E-state index contributed by atoms with van der Waals surface area (Å²) in [5.41, 5.74) is 6.52. The number of fused-ring (bicyclic) bond motifs is 5. The Bertz CT molecular complexity index is 1700. The molecule has 34 heavy (non-hydrogen) atoms. The maximum atomic E-state index is 9.26. The van der Waals surface area contributed by atoms with Crippen molar-refractivity contribution in [3.05, 3.63) is 114 Å². The highest BCUT2D eigenvalue weighted by Crippen LogP contribution is 2.33. The summed E-state index contributed by atoms with van der Waals surface area (Å²) >= 11 is 0. The molecule has 4 nitrogen and oxygen atoms in total. The summed E-state index contributed by atoms with van der Waals surface area (Å²) in [5.74, 6) is 0. The highest BCUT2D eigenvalue weighted by atomic mass is 14.7. The van der Waals surface area contributed by atoms with Gasteiger partial charge in [-0.3, -0.25) is 0 Å². The highest BCUT2D eigenvalue weighted by molar-refractivity contribution is 6.15. The summed E-state index contributed by atoms with van der Waals surface area (Å²) in [7, 11) is 0. The fourth-order valence-corrected chi connectivity index (χ4v) is 4.38. The van der Waals surface area contributed by atoms with Crippen molar-refractivity contribution in [1.29, 1.82) is 5.26 Å². The third kappa shape index (κ3) is 3.23. The molecule has 6 rings (SSSR count). The van der Waals surface area contributed by atoms with Gasteiger partial charge in [-0.25, -0.2) is 14.8 Å². The number of rotatable bonds is 2. The predicted molar refractivity (Wildman–Crippen MR) is 136 cm³/mol. The molecule has 0 aliphatic rings. The van der Waals surface area contributed by atoms with Crippen LogP contribution in [0.3, 0.4) is 0 Å². The number of pyridine rings is 2. The van der Waals surface area contributed by atoms with Crippen LogP contribution in [-0.4, -0.2) is 9.97 Å². The second kappa shape index (κ2) is 7.81. The van der Waals surface area contributed by atoms with Gasteiger partial charge in [0, 0.05) is 27.1 Å². The van der Waals surface area contributed by atoms with Crippen molar-refractivity contribution in [2.45, 2.75) is 0 Å². The van der Waals surface area contributed by atoms with E-state index >= 15 is 0 Å². The molecule has 2 aromatic heterocycles. The molecular weight excluding hydrogens is 416 g/mol. The minimum absolute atomic E-state index is 0.598. The van der Waals surface area contributed by atoms with Gasteiger partial charge in [-0.05, 0) is 35.9 Å². The lowest BCUT2D eigenvalue weighted by molar-refractivity contribution is 1.40. The maximum Gasteiger partial charge on any atom is 0.187 e. The SMILES string of the molecule is [C-]#[N+]c1cccc(-c2ccc3ccc4c(ccc5ccc(-c6cccc(C#N)c6)nc54)c3n2)c1. The van der Waals surface area contributed by atoms with Crippen molar-refractivity contribution in [2.75, 3.05) is 0 Å². The fraction of sp³-hybridized carbons (Fsp3) is 0. The van der Waals surface area contributed by atoms with Crippen LogP contribution in [0, 0.1) is 17.9 Å². The van der Waals surface area contributed by atoms with Crippen molar-refractivity contribution >= 4 is 38.3 Å². The van der Waals surface area contributed by atoms with Crippen molar-refractivity contribution in [1.82, 2.24) is 9.97 Å². The minimum atomic E-state index is 0.598. The fourth-order valence-electron chi connectivity index (χ4n) is 4.38. The van der Waals surface area contributed by atoms with Gasteiger partial charge < -0.3 is 0 Å². The van der Waals surface area contributed by atoms with Crippen molar-refractivity contribution < 1.29 is 0 Å². The van der Waals surface area contributed by atoms with Crippen LogP contribution in [0.15, 0.2) is 97.1 Å². The van der Waals surface area contributed by atoms with Crippen molar-refractivity contribution in [2.24, 2.45) is 0 Å². The second-order valence-electron chi connectivity index (χ2n) is 8.12. The van der Waals surface area contributed by atoms with E-state index in [9.17, 15) is 5.26 Å². The number of nitrogens with zero attached hydrogens (tertiary/aromatic N) is 4. The summed E-state index contributed by atoms with van der Waals surface area (Å²) in [4.78, 5) is 13.5. The van der Waals surface area contributed by atoms with E-state index in [0.29, 0.717) is 11.3 Å². The lowest BCUT2D eigenvalue weighted by Gasteiger charge is -2.10. The predicted octanol–water partition coefficient (Wildman–Crippen LogP) is 7.69. The summed E-state index contributed by atoms with van der Waals surface area (Å²) in [6.07, 6.45) is 0. The van der Waals surface area contributed by atoms with Crippen LogP contribution in [0.2, 0.25) is 0 Å². The van der Waals surface area contributed by atoms with E-state index in [1.807, 2.05) is 48.5 Å². The summed E-state index contributed by atoms with van der Waals surface area (Å²) in [6.45, 7) is 7.30. The lowest BCUT2D eigenvalue weighted by Crippen LogP contribution is -1.90. The molecule has 0 bridgehead atoms. The van der Waals surface area contributed by atoms with Gasteiger partial charge in [-0.2, -0.15) is 5.26 Å². The van der Waals surface area contributed by atoms with E-state index in [-0.39, 0.29) is 0 Å². The van der Waals surface area contributed by atoms with Gasteiger partial charge in [0.25, 0.3) is 0 Å². The van der Waals surface area contributed by atoms with Gasteiger partial charge in [0.05, 0.1) is 40.6 Å². The second-order valence-corrected chi connectivity index (χ2v) is 8.12. The van der Waals surface area contributed by atoms with Gasteiger partial charge in [0.2, 0.25) is 0 Å². The van der Waals surface area contributed by atoms with Crippen LogP contribution in [-0.2, 0) is 0 Å². The van der Waals surface area contributed by atoms with E-state index in [4.69, 9.17) is 16.5 Å². The Morgan fingerprint density at radius 3 is 1.79 bits per heavy atom. The van der Waals surface area contributed by atoms with Crippen LogP contribution in [0.5, 0.6) is 0 Å². The van der Waals surface area contributed by atoms with E-state index in [2.05, 4.69) is 47.3 Å². The van der Waals surface area contributed by atoms with Crippen LogP contribution in [0.4, 0.5) is 5.69 Å². The number of hydrogen-bond acceptors (Lipinski definition) is 3. The van der Waals surface area contributed by atoms with E-state index in [1.54, 1.807) is 12.1 Å². The maximum absolute atomic E-state index is 9.26. The molecule has 0 amide bonds. The molecule has 4 aromatic carbocycles. The Morgan fingerprint density at radius 1 is 0.647 bits per heavy atom. The summed E-state index contributed by atoms with van der Waals surface area (Å²) in [6, 6.07) is 33.7. The zero-order chi connectivity index (χ0) is 23.1. The van der Waals surface area contributed by atoms with Crippen molar-refractivity contribution in [3.63, 3.8) is 0 Å². The average molecular weight is 432 g/mol. The minimum Gasteiger partial charge on any atom is -0.247 e. The lowest BCUT2D eigenvalue weighted by atomic mass is 10.0. The molecular formula is C30H16N4. The van der Waals surface area contributed by atoms with E-state index in [0.717, 1.165) is 55.1 Å². The third-order valence-corrected chi connectivity index (χ3v) is 6.07. The first kappa shape index (κ1) is 19.6. The Hall–Kier alpha value is -5.06. The van der Waals surface area contributed by atoms with Gasteiger partial charge >= 0.3 is 0 Å². The smallest absolute Gasteiger partial charge is 0.187 e. The van der Waals surface area contributed by atoms with Gasteiger partial charge in [-0.1, -0.05) is 66.7 Å². The Morgan fingerprint density at radius 2 is 1.21 bits per heavy atom. The number of nitriles is 1. The number of aromatic nitrogens is 2. The largest absolute Gasteiger partial charge is 0.247 e. The molecule has 0 aliphatic carbocycles. The first-order valence-electron chi connectivity index (χ1n) is 10.9.